The number of amides is 1. The SMILES string of the molecule is CN1CCN(Cc2ccc(NC(=O)c3ccc4nc(-c5nc(-c6ccc(F)cc6)cs5)[nH]c4c3)cc2)CC1. The molecule has 3 heterocycles. The maximum atomic E-state index is 13.2. The Morgan fingerprint density at radius 1 is 1.00 bits per heavy atom. The zero-order chi connectivity index (χ0) is 26.1. The van der Waals surface area contributed by atoms with E-state index in [9.17, 15) is 9.18 Å². The molecule has 0 radical (unpaired) electrons. The summed E-state index contributed by atoms with van der Waals surface area (Å²) >= 11 is 1.46. The molecule has 2 N–H and O–H groups in total. The molecule has 0 aliphatic carbocycles. The number of aromatic amines is 1. The summed E-state index contributed by atoms with van der Waals surface area (Å²) in [5, 5.41) is 5.64. The standard InChI is InChI=1S/C29H27FN6OS/c1-35-12-14-36(15-13-35)17-19-2-9-23(10-3-19)31-28(37)21-6-11-24-25(16-21)33-27(32-24)29-34-26(18-38-29)20-4-7-22(30)8-5-20/h2-11,16,18H,12-15,17H2,1H3,(H,31,37)(H,32,33). The Morgan fingerprint density at radius 3 is 2.53 bits per heavy atom. The summed E-state index contributed by atoms with van der Waals surface area (Å²) < 4.78 is 13.2. The quantitative estimate of drug-likeness (QED) is 0.306. The van der Waals surface area contributed by atoms with E-state index in [2.05, 4.69) is 49.2 Å². The molecule has 1 amide bonds. The molecule has 0 saturated carbocycles. The number of H-pyrrole nitrogens is 1. The van der Waals surface area contributed by atoms with Gasteiger partial charge in [-0.05, 0) is 67.2 Å². The van der Waals surface area contributed by atoms with Crippen molar-refractivity contribution in [1.29, 1.82) is 0 Å². The van der Waals surface area contributed by atoms with E-state index in [1.165, 1.54) is 29.0 Å². The minimum Gasteiger partial charge on any atom is -0.336 e. The lowest BCUT2D eigenvalue weighted by molar-refractivity contribution is 0.102. The van der Waals surface area contributed by atoms with E-state index in [1.807, 2.05) is 23.6 Å². The number of carbonyl (C=O) groups excluding carboxylic acids is 1. The summed E-state index contributed by atoms with van der Waals surface area (Å²) in [7, 11) is 2.16. The number of rotatable bonds is 6. The van der Waals surface area contributed by atoms with Crippen LogP contribution in [0.25, 0.3) is 33.1 Å². The smallest absolute Gasteiger partial charge is 0.255 e. The van der Waals surface area contributed by atoms with Crippen molar-refractivity contribution in [1.82, 2.24) is 24.8 Å². The second kappa shape index (κ2) is 10.4. The molecule has 1 aliphatic heterocycles. The first-order chi connectivity index (χ1) is 18.5. The molecule has 1 fully saturated rings. The fourth-order valence-corrected chi connectivity index (χ4v) is 5.32. The molecule has 1 aliphatic rings. The highest BCUT2D eigenvalue weighted by Gasteiger charge is 2.15. The minimum absolute atomic E-state index is 0.178. The Balaban J connectivity index is 1.13. The summed E-state index contributed by atoms with van der Waals surface area (Å²) in [4.78, 5) is 30.3. The Bertz CT molecular complexity index is 1570. The van der Waals surface area contributed by atoms with Crippen LogP contribution in [0.15, 0.2) is 72.1 Å². The molecule has 0 unspecified atom stereocenters. The van der Waals surface area contributed by atoms with Crippen LogP contribution in [0.2, 0.25) is 0 Å². The number of anilines is 1. The van der Waals surface area contributed by atoms with Crippen LogP contribution in [-0.4, -0.2) is 63.9 Å². The van der Waals surface area contributed by atoms with E-state index in [4.69, 9.17) is 0 Å². The highest BCUT2D eigenvalue weighted by Crippen LogP contribution is 2.29. The molecule has 7 nitrogen and oxygen atoms in total. The number of fused-ring (bicyclic) bond motifs is 1. The van der Waals surface area contributed by atoms with Crippen LogP contribution in [0.3, 0.4) is 0 Å². The maximum Gasteiger partial charge on any atom is 0.255 e. The van der Waals surface area contributed by atoms with E-state index in [-0.39, 0.29) is 11.7 Å². The molecule has 6 rings (SSSR count). The van der Waals surface area contributed by atoms with E-state index in [0.29, 0.717) is 11.4 Å². The number of aromatic nitrogens is 3. The van der Waals surface area contributed by atoms with Crippen molar-refractivity contribution < 1.29 is 9.18 Å². The Morgan fingerprint density at radius 2 is 1.76 bits per heavy atom. The molecule has 5 aromatic rings. The van der Waals surface area contributed by atoms with Gasteiger partial charge in [0.15, 0.2) is 10.8 Å². The summed E-state index contributed by atoms with van der Waals surface area (Å²) in [6.45, 7) is 5.26. The molecular formula is C29H27FN6OS. The molecule has 0 bridgehead atoms. The third-order valence-corrected chi connectivity index (χ3v) is 7.65. The Hall–Kier alpha value is -3.92. The van der Waals surface area contributed by atoms with Crippen LogP contribution in [0.5, 0.6) is 0 Å². The molecule has 3 aromatic carbocycles. The third kappa shape index (κ3) is 5.35. The lowest BCUT2D eigenvalue weighted by atomic mass is 10.1. The van der Waals surface area contributed by atoms with Gasteiger partial charge in [0.05, 0.1) is 16.7 Å². The average Bonchev–Trinajstić information content (AvgIpc) is 3.59. The lowest BCUT2D eigenvalue weighted by Gasteiger charge is -2.32. The molecule has 9 heteroatoms. The highest BCUT2D eigenvalue weighted by molar-refractivity contribution is 7.13. The third-order valence-electron chi connectivity index (χ3n) is 6.80. The largest absolute Gasteiger partial charge is 0.336 e. The molecule has 192 valence electrons. The fourth-order valence-electron chi connectivity index (χ4n) is 4.55. The number of thiazole rings is 1. The summed E-state index contributed by atoms with van der Waals surface area (Å²) in [6.07, 6.45) is 0. The second-order valence-corrected chi connectivity index (χ2v) is 10.5. The number of hydrogen-bond acceptors (Lipinski definition) is 6. The van der Waals surface area contributed by atoms with Crippen LogP contribution in [-0.2, 0) is 6.54 Å². The van der Waals surface area contributed by atoms with Crippen molar-refractivity contribution in [2.75, 3.05) is 38.5 Å². The number of halogens is 1. The molecule has 0 spiro atoms. The second-order valence-electron chi connectivity index (χ2n) is 9.59. The van der Waals surface area contributed by atoms with E-state index >= 15 is 0 Å². The molecule has 1 saturated heterocycles. The summed E-state index contributed by atoms with van der Waals surface area (Å²) in [5.74, 6) is 0.175. The van der Waals surface area contributed by atoms with Crippen molar-refractivity contribution >= 4 is 34.0 Å². The number of likely N-dealkylation sites (N-methyl/N-ethyl adjacent to an activating group) is 1. The minimum atomic E-state index is -0.278. The van der Waals surface area contributed by atoms with Crippen LogP contribution in [0.1, 0.15) is 15.9 Å². The number of imidazole rings is 1. The van der Waals surface area contributed by atoms with Gasteiger partial charge >= 0.3 is 0 Å². The summed E-state index contributed by atoms with van der Waals surface area (Å²) in [5.41, 5.74) is 5.66. The molecule has 0 atom stereocenters. The van der Waals surface area contributed by atoms with E-state index < -0.39 is 0 Å². The maximum absolute atomic E-state index is 13.2. The molecule has 2 aromatic heterocycles. The van der Waals surface area contributed by atoms with Gasteiger partial charge in [-0.2, -0.15) is 0 Å². The van der Waals surface area contributed by atoms with Crippen molar-refractivity contribution in [3.8, 4) is 22.1 Å². The van der Waals surface area contributed by atoms with Gasteiger partial charge in [0.1, 0.15) is 5.82 Å². The first-order valence-corrected chi connectivity index (χ1v) is 13.4. The first kappa shape index (κ1) is 24.4. The molecular weight excluding hydrogens is 499 g/mol. The van der Waals surface area contributed by atoms with Gasteiger partial charge in [0.25, 0.3) is 5.91 Å². The number of hydrogen-bond donors (Lipinski definition) is 2. The van der Waals surface area contributed by atoms with Gasteiger partial charge in [-0.3, -0.25) is 9.69 Å². The number of piperazine rings is 1. The van der Waals surface area contributed by atoms with Crippen LogP contribution < -0.4 is 5.32 Å². The van der Waals surface area contributed by atoms with Crippen LogP contribution in [0, 0.1) is 5.82 Å². The Kier molecular flexibility index (Phi) is 6.71. The topological polar surface area (TPSA) is 77.2 Å². The van der Waals surface area contributed by atoms with Crippen molar-refractivity contribution in [2.24, 2.45) is 0 Å². The van der Waals surface area contributed by atoms with Crippen LogP contribution in [0.4, 0.5) is 10.1 Å². The van der Waals surface area contributed by atoms with Crippen molar-refractivity contribution in [2.45, 2.75) is 6.54 Å². The number of nitrogens with one attached hydrogen (secondary N) is 2. The van der Waals surface area contributed by atoms with Gasteiger partial charge in [0.2, 0.25) is 0 Å². The predicted molar refractivity (Wildman–Crippen MR) is 150 cm³/mol. The van der Waals surface area contributed by atoms with E-state index in [0.717, 1.165) is 65.7 Å². The van der Waals surface area contributed by atoms with Gasteiger partial charge < -0.3 is 15.2 Å². The van der Waals surface area contributed by atoms with E-state index in [1.54, 1.807) is 24.3 Å². The highest BCUT2D eigenvalue weighted by atomic mass is 32.1. The lowest BCUT2D eigenvalue weighted by Crippen LogP contribution is -2.43. The zero-order valence-corrected chi connectivity index (χ0v) is 21.8. The zero-order valence-electron chi connectivity index (χ0n) is 20.9. The number of carbonyl (C=O) groups is 1. The van der Waals surface area contributed by atoms with Crippen molar-refractivity contribution in [3.05, 3.63) is 89.1 Å². The Labute approximate surface area is 224 Å². The van der Waals surface area contributed by atoms with Gasteiger partial charge in [-0.15, -0.1) is 11.3 Å². The fraction of sp³-hybridized carbons (Fsp3) is 0.207. The van der Waals surface area contributed by atoms with Gasteiger partial charge in [-0.25, -0.2) is 14.4 Å². The predicted octanol–water partition coefficient (Wildman–Crippen LogP) is 5.49. The molecule has 38 heavy (non-hydrogen) atoms. The van der Waals surface area contributed by atoms with Gasteiger partial charge in [0, 0.05) is 54.9 Å². The monoisotopic (exact) mass is 526 g/mol. The van der Waals surface area contributed by atoms with Gasteiger partial charge in [-0.1, -0.05) is 12.1 Å². The normalized spacial score (nSPS) is 14.7. The average molecular weight is 527 g/mol. The first-order valence-electron chi connectivity index (χ1n) is 12.5. The number of nitrogens with zero attached hydrogens (tertiary/aromatic N) is 4. The summed E-state index contributed by atoms with van der Waals surface area (Å²) in [6, 6.07) is 19.7. The van der Waals surface area contributed by atoms with Crippen molar-refractivity contribution in [3.63, 3.8) is 0 Å². The van der Waals surface area contributed by atoms with Crippen LogP contribution >= 0.6 is 11.3 Å². The number of benzene rings is 3.